The molecule has 3 aromatic rings. The minimum Gasteiger partial charge on any atom is -0.484 e. The third-order valence-corrected chi connectivity index (χ3v) is 6.62. The number of hydrogen-bond donors (Lipinski definition) is 3. The first-order valence-electron chi connectivity index (χ1n) is 8.59. The van der Waals surface area contributed by atoms with Gasteiger partial charge in [0.25, 0.3) is 5.91 Å². The van der Waals surface area contributed by atoms with Crippen molar-refractivity contribution in [3.05, 3.63) is 54.9 Å². The van der Waals surface area contributed by atoms with Crippen molar-refractivity contribution in [3.8, 4) is 5.75 Å². The predicted octanol–water partition coefficient (Wildman–Crippen LogP) is -0.0814. The van der Waals surface area contributed by atoms with Crippen LogP contribution in [0.4, 0.5) is 5.69 Å². The fraction of sp³-hybridized carbons (Fsp3) is 0.176. The number of pyridine rings is 1. The van der Waals surface area contributed by atoms with Crippen LogP contribution in [-0.4, -0.2) is 51.3 Å². The monoisotopic (exact) mass is 453 g/mol. The number of ether oxygens (including phenoxy) is 1. The van der Waals surface area contributed by atoms with Crippen molar-refractivity contribution in [1.82, 2.24) is 14.3 Å². The van der Waals surface area contributed by atoms with Crippen LogP contribution in [0.2, 0.25) is 0 Å². The van der Waals surface area contributed by atoms with Crippen LogP contribution in [0.3, 0.4) is 0 Å². The molecule has 1 aromatic carbocycles. The van der Waals surface area contributed by atoms with E-state index in [1.165, 1.54) is 24.3 Å². The number of primary amides is 1. The second-order valence-corrected chi connectivity index (χ2v) is 9.77. The Morgan fingerprint density at radius 3 is 2.53 bits per heavy atom. The van der Waals surface area contributed by atoms with Gasteiger partial charge in [-0.3, -0.25) is 9.52 Å². The Morgan fingerprint density at radius 1 is 1.10 bits per heavy atom. The van der Waals surface area contributed by atoms with E-state index in [0.29, 0.717) is 11.2 Å². The Balaban J connectivity index is 1.56. The van der Waals surface area contributed by atoms with Crippen LogP contribution in [0.25, 0.3) is 5.52 Å². The Kier molecular flexibility index (Phi) is 6.24. The van der Waals surface area contributed by atoms with E-state index in [1.807, 2.05) is 0 Å². The molecule has 0 unspecified atom stereocenters. The first-order chi connectivity index (χ1) is 14.1. The van der Waals surface area contributed by atoms with E-state index in [-0.39, 0.29) is 23.8 Å². The van der Waals surface area contributed by atoms with Gasteiger partial charge in [0.1, 0.15) is 5.75 Å². The third kappa shape index (κ3) is 5.68. The van der Waals surface area contributed by atoms with Gasteiger partial charge in [-0.15, -0.1) is 0 Å². The number of hydrogen-bond acceptors (Lipinski definition) is 7. The second-order valence-electron chi connectivity index (χ2n) is 6.16. The zero-order valence-electron chi connectivity index (χ0n) is 15.6. The fourth-order valence-electron chi connectivity index (χ4n) is 2.48. The number of anilines is 1. The summed E-state index contributed by atoms with van der Waals surface area (Å²) in [6, 6.07) is 10.1. The average Bonchev–Trinajstić information content (AvgIpc) is 3.14. The summed E-state index contributed by atoms with van der Waals surface area (Å²) < 4.78 is 60.4. The summed E-state index contributed by atoms with van der Waals surface area (Å²) in [5, 5.41) is 4.02. The van der Waals surface area contributed by atoms with Gasteiger partial charge in [-0.2, -0.15) is 5.10 Å². The van der Waals surface area contributed by atoms with Crippen molar-refractivity contribution in [3.63, 3.8) is 0 Å². The lowest BCUT2D eigenvalue weighted by Crippen LogP contribution is -2.31. The number of benzene rings is 1. The summed E-state index contributed by atoms with van der Waals surface area (Å²) in [5.74, 6) is -0.848. The Hall–Kier alpha value is -3.16. The zero-order chi connectivity index (χ0) is 21.8. The molecule has 0 saturated carbocycles. The molecule has 4 N–H and O–H groups in total. The number of carbonyl (C=O) groups is 1. The molecule has 0 atom stereocenters. The van der Waals surface area contributed by atoms with Gasteiger partial charge in [0.15, 0.2) is 6.61 Å². The lowest BCUT2D eigenvalue weighted by atomic mass is 10.3. The van der Waals surface area contributed by atoms with Crippen molar-refractivity contribution < 1.29 is 26.4 Å². The quantitative estimate of drug-likeness (QED) is 0.387. The normalized spacial score (nSPS) is 12.0. The van der Waals surface area contributed by atoms with E-state index < -0.39 is 31.7 Å². The first-order valence-corrected chi connectivity index (χ1v) is 11.7. The van der Waals surface area contributed by atoms with Crippen molar-refractivity contribution in [2.45, 2.75) is 4.90 Å². The van der Waals surface area contributed by atoms with E-state index in [2.05, 4.69) is 14.5 Å². The SMILES string of the molecule is NC(=O)COc1ccc(S(=O)(=O)NCCS(=O)(=O)Nc2ccn3nccc3c2)cc1. The summed E-state index contributed by atoms with van der Waals surface area (Å²) in [4.78, 5) is 10.6. The van der Waals surface area contributed by atoms with E-state index in [1.54, 1.807) is 35.1 Å². The maximum absolute atomic E-state index is 12.3. The molecule has 0 aliphatic carbocycles. The standard InChI is InChI=1S/C17H19N5O6S2/c18-17(23)12-28-15-1-3-16(4-2-15)30(26,27)20-8-10-29(24,25)21-13-6-9-22-14(11-13)5-7-19-22/h1-7,9,11,20-21H,8,10,12H2,(H2,18,23). The van der Waals surface area contributed by atoms with Crippen molar-refractivity contribution in [1.29, 1.82) is 0 Å². The van der Waals surface area contributed by atoms with Crippen LogP contribution >= 0.6 is 0 Å². The number of nitrogens with one attached hydrogen (secondary N) is 2. The molecule has 2 aromatic heterocycles. The van der Waals surface area contributed by atoms with Crippen molar-refractivity contribution >= 4 is 37.2 Å². The first kappa shape index (κ1) is 21.5. The molecule has 0 aliphatic rings. The average molecular weight is 454 g/mol. The van der Waals surface area contributed by atoms with Gasteiger partial charge in [0, 0.05) is 18.9 Å². The Morgan fingerprint density at radius 2 is 1.83 bits per heavy atom. The molecule has 0 bridgehead atoms. The molecule has 11 nitrogen and oxygen atoms in total. The molecular weight excluding hydrogens is 434 g/mol. The highest BCUT2D eigenvalue weighted by Gasteiger charge is 2.17. The van der Waals surface area contributed by atoms with Crippen LogP contribution in [0, 0.1) is 0 Å². The smallest absolute Gasteiger partial charge is 0.255 e. The molecule has 3 rings (SSSR count). The molecule has 160 valence electrons. The van der Waals surface area contributed by atoms with Gasteiger partial charge in [-0.05, 0) is 42.5 Å². The van der Waals surface area contributed by atoms with Crippen LogP contribution < -0.4 is 19.9 Å². The number of nitrogens with zero attached hydrogens (tertiary/aromatic N) is 2. The van der Waals surface area contributed by atoms with E-state index >= 15 is 0 Å². The minimum atomic E-state index is -3.93. The summed E-state index contributed by atoms with van der Waals surface area (Å²) >= 11 is 0. The molecule has 0 fully saturated rings. The van der Waals surface area contributed by atoms with Gasteiger partial charge in [0.2, 0.25) is 20.0 Å². The van der Waals surface area contributed by atoms with Gasteiger partial charge < -0.3 is 10.5 Å². The number of rotatable bonds is 10. The molecule has 0 radical (unpaired) electrons. The van der Waals surface area contributed by atoms with Crippen LogP contribution in [0.15, 0.2) is 59.8 Å². The van der Waals surface area contributed by atoms with Gasteiger partial charge in [-0.1, -0.05) is 0 Å². The Bertz CT molecular complexity index is 1250. The molecule has 13 heteroatoms. The number of fused-ring (bicyclic) bond motifs is 1. The largest absolute Gasteiger partial charge is 0.484 e. The van der Waals surface area contributed by atoms with Crippen molar-refractivity contribution in [2.75, 3.05) is 23.6 Å². The molecule has 30 heavy (non-hydrogen) atoms. The van der Waals surface area contributed by atoms with Gasteiger partial charge >= 0.3 is 0 Å². The van der Waals surface area contributed by atoms with Crippen LogP contribution in [-0.2, 0) is 24.8 Å². The minimum absolute atomic E-state index is 0.0783. The molecule has 0 aliphatic heterocycles. The third-order valence-electron chi connectivity index (χ3n) is 3.85. The number of sulfonamides is 2. The van der Waals surface area contributed by atoms with E-state index in [0.717, 1.165) is 0 Å². The number of aromatic nitrogens is 2. The highest BCUT2D eigenvalue weighted by molar-refractivity contribution is 7.92. The fourth-order valence-corrected chi connectivity index (χ4v) is 4.60. The number of carbonyl (C=O) groups excluding carboxylic acids is 1. The number of nitrogens with two attached hydrogens (primary N) is 1. The molecule has 0 spiro atoms. The molecule has 0 saturated heterocycles. The summed E-state index contributed by atoms with van der Waals surface area (Å²) in [5.41, 5.74) is 6.02. The summed E-state index contributed by atoms with van der Waals surface area (Å²) in [6.07, 6.45) is 3.19. The second kappa shape index (κ2) is 8.69. The zero-order valence-corrected chi connectivity index (χ0v) is 17.2. The highest BCUT2D eigenvalue weighted by Crippen LogP contribution is 2.16. The van der Waals surface area contributed by atoms with E-state index in [4.69, 9.17) is 10.5 Å². The lowest BCUT2D eigenvalue weighted by Gasteiger charge is -2.10. The summed E-state index contributed by atoms with van der Waals surface area (Å²) in [7, 11) is -7.71. The Labute approximate surface area is 172 Å². The van der Waals surface area contributed by atoms with Crippen molar-refractivity contribution in [2.24, 2.45) is 5.73 Å². The topological polar surface area (TPSA) is 162 Å². The predicted molar refractivity (Wildman–Crippen MR) is 109 cm³/mol. The lowest BCUT2D eigenvalue weighted by molar-refractivity contribution is -0.119. The van der Waals surface area contributed by atoms with Gasteiger partial charge in [-0.25, -0.2) is 26.1 Å². The van der Waals surface area contributed by atoms with Gasteiger partial charge in [0.05, 0.1) is 21.9 Å². The highest BCUT2D eigenvalue weighted by atomic mass is 32.2. The van der Waals surface area contributed by atoms with E-state index in [9.17, 15) is 21.6 Å². The summed E-state index contributed by atoms with van der Waals surface area (Å²) in [6.45, 7) is -0.657. The maximum atomic E-state index is 12.3. The maximum Gasteiger partial charge on any atom is 0.255 e. The molecule has 2 heterocycles. The molecular formula is C17H19N5O6S2. The van der Waals surface area contributed by atoms with Crippen LogP contribution in [0.1, 0.15) is 0 Å². The molecule has 1 amide bonds. The number of amides is 1. The van der Waals surface area contributed by atoms with Crippen LogP contribution in [0.5, 0.6) is 5.75 Å².